The highest BCUT2D eigenvalue weighted by molar-refractivity contribution is 5.89. The van der Waals surface area contributed by atoms with Gasteiger partial charge in [0, 0.05) is 16.5 Å². The van der Waals surface area contributed by atoms with Crippen LogP contribution >= 0.6 is 0 Å². The van der Waals surface area contributed by atoms with Crippen LogP contribution in [0.3, 0.4) is 0 Å². The van der Waals surface area contributed by atoms with Gasteiger partial charge < -0.3 is 9.52 Å². The van der Waals surface area contributed by atoms with Crippen molar-refractivity contribution in [1.29, 1.82) is 0 Å². The van der Waals surface area contributed by atoms with Crippen molar-refractivity contribution in [2.24, 2.45) is 0 Å². The van der Waals surface area contributed by atoms with E-state index in [1.165, 1.54) is 42.5 Å². The minimum absolute atomic E-state index is 0.284. The quantitative estimate of drug-likeness (QED) is 0.475. The highest BCUT2D eigenvalue weighted by atomic mass is 19.1. The van der Waals surface area contributed by atoms with Crippen LogP contribution in [-0.2, 0) is 0 Å². The molecule has 1 unspecified atom stereocenters. The molecule has 2 atom stereocenters. The van der Waals surface area contributed by atoms with Crippen molar-refractivity contribution in [3.63, 3.8) is 0 Å². The molecule has 0 fully saturated rings. The molecule has 1 heterocycles. The summed E-state index contributed by atoms with van der Waals surface area (Å²) in [4.78, 5) is 0. The highest BCUT2D eigenvalue weighted by Gasteiger charge is 2.22. The van der Waals surface area contributed by atoms with E-state index < -0.39 is 6.10 Å². The summed E-state index contributed by atoms with van der Waals surface area (Å²) in [6, 6.07) is 10.5. The van der Waals surface area contributed by atoms with E-state index in [0.717, 1.165) is 28.5 Å². The van der Waals surface area contributed by atoms with Crippen LogP contribution in [0.2, 0.25) is 0 Å². The van der Waals surface area contributed by atoms with Crippen LogP contribution in [0.15, 0.2) is 40.8 Å². The average Bonchev–Trinajstić information content (AvgIpc) is 3.01. The number of furan rings is 1. The average molecular weight is 368 g/mol. The van der Waals surface area contributed by atoms with Gasteiger partial charge in [0.05, 0.1) is 6.10 Å². The standard InChI is InChI=1S/C24H29FO2/c1-5-7-8-17(6-2)20-14-21-22(13-15(20)3)27-24(23(21)16(4)26)18-9-11-19(25)12-10-18/h9-14,16-17,26H,5-8H2,1-4H3/t16?,17-/m0/s1. The molecule has 0 aliphatic heterocycles. The van der Waals surface area contributed by atoms with Crippen LogP contribution in [0.25, 0.3) is 22.3 Å². The lowest BCUT2D eigenvalue weighted by atomic mass is 9.87. The van der Waals surface area contributed by atoms with Crippen molar-refractivity contribution in [3.8, 4) is 11.3 Å². The molecule has 3 heteroatoms. The van der Waals surface area contributed by atoms with E-state index in [0.29, 0.717) is 11.7 Å². The van der Waals surface area contributed by atoms with Crippen LogP contribution in [0.4, 0.5) is 4.39 Å². The van der Waals surface area contributed by atoms with Crippen molar-refractivity contribution in [2.75, 3.05) is 0 Å². The number of aliphatic hydroxyl groups excluding tert-OH is 1. The monoisotopic (exact) mass is 368 g/mol. The van der Waals surface area contributed by atoms with Gasteiger partial charge in [-0.2, -0.15) is 0 Å². The summed E-state index contributed by atoms with van der Waals surface area (Å²) in [5.74, 6) is 0.854. The molecule has 2 nitrogen and oxygen atoms in total. The molecule has 0 bridgehead atoms. The smallest absolute Gasteiger partial charge is 0.141 e. The maximum absolute atomic E-state index is 13.3. The number of hydrogen-bond acceptors (Lipinski definition) is 2. The number of fused-ring (bicyclic) bond motifs is 1. The molecule has 2 aromatic carbocycles. The molecule has 3 aromatic rings. The normalized spacial score (nSPS) is 13.9. The van der Waals surface area contributed by atoms with E-state index in [1.807, 2.05) is 0 Å². The summed E-state index contributed by atoms with van der Waals surface area (Å²) >= 11 is 0. The van der Waals surface area contributed by atoms with Gasteiger partial charge in [0.15, 0.2) is 0 Å². The first-order valence-electron chi connectivity index (χ1n) is 9.97. The predicted octanol–water partition coefficient (Wildman–Crippen LogP) is 7.28. The van der Waals surface area contributed by atoms with Gasteiger partial charge in [0.1, 0.15) is 17.2 Å². The molecule has 0 saturated carbocycles. The first kappa shape index (κ1) is 19.6. The van der Waals surface area contributed by atoms with Gasteiger partial charge in [-0.25, -0.2) is 4.39 Å². The zero-order valence-electron chi connectivity index (χ0n) is 16.7. The molecule has 0 amide bonds. The number of aryl methyl sites for hydroxylation is 1. The Morgan fingerprint density at radius 2 is 1.81 bits per heavy atom. The summed E-state index contributed by atoms with van der Waals surface area (Å²) in [5.41, 5.74) is 4.90. The van der Waals surface area contributed by atoms with Gasteiger partial charge in [0.25, 0.3) is 0 Å². The lowest BCUT2D eigenvalue weighted by Gasteiger charge is -2.18. The van der Waals surface area contributed by atoms with Crippen molar-refractivity contribution >= 4 is 11.0 Å². The van der Waals surface area contributed by atoms with Gasteiger partial charge in [0.2, 0.25) is 0 Å². The SMILES string of the molecule is CCCC[C@H](CC)c1cc2c(C(C)O)c(-c3ccc(F)cc3)oc2cc1C. The first-order chi connectivity index (χ1) is 13.0. The Bertz CT molecular complexity index is 906. The summed E-state index contributed by atoms with van der Waals surface area (Å²) < 4.78 is 19.5. The van der Waals surface area contributed by atoms with Gasteiger partial charge in [-0.05, 0) is 80.1 Å². The number of halogens is 1. The summed E-state index contributed by atoms with van der Waals surface area (Å²) in [7, 11) is 0. The van der Waals surface area contributed by atoms with Gasteiger partial charge >= 0.3 is 0 Å². The van der Waals surface area contributed by atoms with E-state index in [4.69, 9.17) is 4.42 Å². The number of unbranched alkanes of at least 4 members (excludes halogenated alkanes) is 1. The summed E-state index contributed by atoms with van der Waals surface area (Å²) in [6.07, 6.45) is 4.01. The fourth-order valence-corrected chi connectivity index (χ4v) is 3.98. The van der Waals surface area contributed by atoms with E-state index >= 15 is 0 Å². The third kappa shape index (κ3) is 3.93. The van der Waals surface area contributed by atoms with E-state index in [-0.39, 0.29) is 5.82 Å². The third-order valence-electron chi connectivity index (χ3n) is 5.48. The fourth-order valence-electron chi connectivity index (χ4n) is 3.98. The van der Waals surface area contributed by atoms with Gasteiger partial charge in [-0.15, -0.1) is 0 Å². The molecule has 0 aliphatic rings. The summed E-state index contributed by atoms with van der Waals surface area (Å²) in [5, 5.41) is 11.4. The maximum Gasteiger partial charge on any atom is 0.141 e. The molecule has 0 aliphatic carbocycles. The molecular formula is C24H29FO2. The molecule has 144 valence electrons. The zero-order valence-corrected chi connectivity index (χ0v) is 16.7. The van der Waals surface area contributed by atoms with Crippen LogP contribution in [0.5, 0.6) is 0 Å². The topological polar surface area (TPSA) is 33.4 Å². The Balaban J connectivity index is 2.17. The van der Waals surface area contributed by atoms with Crippen LogP contribution < -0.4 is 0 Å². The predicted molar refractivity (Wildman–Crippen MR) is 110 cm³/mol. The second kappa shape index (κ2) is 8.26. The van der Waals surface area contributed by atoms with Crippen LogP contribution in [-0.4, -0.2) is 5.11 Å². The number of hydrogen-bond donors (Lipinski definition) is 1. The minimum Gasteiger partial charge on any atom is -0.456 e. The Kier molecular flexibility index (Phi) is 6.01. The minimum atomic E-state index is -0.669. The largest absolute Gasteiger partial charge is 0.456 e. The Hall–Kier alpha value is -2.13. The lowest BCUT2D eigenvalue weighted by Crippen LogP contribution is -2.01. The first-order valence-corrected chi connectivity index (χ1v) is 9.97. The molecular weight excluding hydrogens is 339 g/mol. The van der Waals surface area contributed by atoms with E-state index in [9.17, 15) is 9.50 Å². The maximum atomic E-state index is 13.3. The zero-order chi connectivity index (χ0) is 19.6. The number of rotatable bonds is 7. The van der Waals surface area contributed by atoms with Crippen LogP contribution in [0, 0.1) is 12.7 Å². The molecule has 1 N–H and O–H groups in total. The van der Waals surface area contributed by atoms with E-state index in [2.05, 4.69) is 32.9 Å². The van der Waals surface area contributed by atoms with Gasteiger partial charge in [-0.3, -0.25) is 0 Å². The fraction of sp³-hybridized carbons (Fsp3) is 0.417. The molecule has 3 rings (SSSR count). The van der Waals surface area contributed by atoms with Crippen molar-refractivity contribution in [2.45, 2.75) is 65.4 Å². The number of aliphatic hydroxyl groups is 1. The lowest BCUT2D eigenvalue weighted by molar-refractivity contribution is 0.200. The second-order valence-corrected chi connectivity index (χ2v) is 7.48. The van der Waals surface area contributed by atoms with Crippen molar-refractivity contribution in [1.82, 2.24) is 0 Å². The summed E-state index contributed by atoms with van der Waals surface area (Å²) in [6.45, 7) is 8.34. The molecule has 0 radical (unpaired) electrons. The van der Waals surface area contributed by atoms with Crippen molar-refractivity contribution < 1.29 is 13.9 Å². The Morgan fingerprint density at radius 3 is 2.41 bits per heavy atom. The highest BCUT2D eigenvalue weighted by Crippen LogP contribution is 2.40. The Labute approximate surface area is 161 Å². The molecule has 1 aromatic heterocycles. The van der Waals surface area contributed by atoms with Crippen LogP contribution in [0.1, 0.15) is 75.2 Å². The molecule has 0 saturated heterocycles. The third-order valence-corrected chi connectivity index (χ3v) is 5.48. The van der Waals surface area contributed by atoms with Crippen molar-refractivity contribution in [3.05, 3.63) is 58.9 Å². The Morgan fingerprint density at radius 1 is 1.11 bits per heavy atom. The molecule has 0 spiro atoms. The number of benzene rings is 2. The molecule has 27 heavy (non-hydrogen) atoms. The second-order valence-electron chi connectivity index (χ2n) is 7.48. The van der Waals surface area contributed by atoms with Gasteiger partial charge in [-0.1, -0.05) is 26.7 Å². The van der Waals surface area contributed by atoms with E-state index in [1.54, 1.807) is 19.1 Å².